The van der Waals surface area contributed by atoms with Crippen LogP contribution in [0.5, 0.6) is 0 Å². The van der Waals surface area contributed by atoms with Gasteiger partial charge in [-0.15, -0.1) is 0 Å². The molecule has 1 saturated heterocycles. The second kappa shape index (κ2) is 6.99. The third kappa shape index (κ3) is 3.85. The van der Waals surface area contributed by atoms with Crippen LogP contribution in [0.1, 0.15) is 40.0 Å². The van der Waals surface area contributed by atoms with Gasteiger partial charge in [0.1, 0.15) is 6.33 Å². The van der Waals surface area contributed by atoms with Crippen molar-refractivity contribution < 1.29 is 4.92 Å². The fourth-order valence-electron chi connectivity index (χ4n) is 5.27. The molecule has 1 saturated carbocycles. The minimum atomic E-state index is -0.425. The molecule has 2 unspecified atom stereocenters. The number of hydrogen-bond acceptors (Lipinski definition) is 6. The molecule has 1 aromatic carbocycles. The zero-order valence-corrected chi connectivity index (χ0v) is 18.1. The Morgan fingerprint density at radius 2 is 2.00 bits per heavy atom. The summed E-state index contributed by atoms with van der Waals surface area (Å²) in [6.07, 6.45) is 4.45. The highest BCUT2D eigenvalue weighted by Gasteiger charge is 2.51. The van der Waals surface area contributed by atoms with E-state index in [1.165, 1.54) is 6.33 Å². The topological polar surface area (TPSA) is 84.2 Å². The molecule has 2 atom stereocenters. The summed E-state index contributed by atoms with van der Waals surface area (Å²) < 4.78 is 0. The van der Waals surface area contributed by atoms with Crippen LogP contribution in [0.4, 0.5) is 23.0 Å². The van der Waals surface area contributed by atoms with Crippen molar-refractivity contribution in [3.63, 3.8) is 0 Å². The number of rotatable bonds is 4. The minimum absolute atomic E-state index is 0.107. The monoisotopic (exact) mass is 435 g/mol. The number of nitrogens with one attached hydrogen (secondary N) is 1. The molecule has 1 aromatic heterocycles. The van der Waals surface area contributed by atoms with Crippen molar-refractivity contribution in [2.24, 2.45) is 10.8 Å². The molecule has 29 heavy (non-hydrogen) atoms. The van der Waals surface area contributed by atoms with Crippen LogP contribution in [-0.2, 0) is 0 Å². The fraction of sp³-hybridized carbons (Fsp3) is 0.500. The standard InChI is InChI=1S/C20H23Cl2N5O2/c1-19(2)7-13-8-20(3,9-19)10-26(13)18-16(27(28)29)17(23-11-24-18)25-15-6-12(21)4-5-14(15)22/h4-6,11,13H,7-10H2,1-3H3,(H,23,24,25). The fourth-order valence-corrected chi connectivity index (χ4v) is 5.60. The molecule has 7 nitrogen and oxygen atoms in total. The maximum absolute atomic E-state index is 12.0. The highest BCUT2D eigenvalue weighted by molar-refractivity contribution is 6.35. The molecule has 154 valence electrons. The normalized spacial score (nSPS) is 25.1. The zero-order valence-electron chi connectivity index (χ0n) is 16.6. The molecule has 0 radical (unpaired) electrons. The maximum atomic E-state index is 12.0. The van der Waals surface area contributed by atoms with Crippen LogP contribution in [0.15, 0.2) is 24.5 Å². The molecule has 2 heterocycles. The van der Waals surface area contributed by atoms with Gasteiger partial charge in [0.25, 0.3) is 0 Å². The van der Waals surface area contributed by atoms with Crippen molar-refractivity contribution >= 4 is 46.2 Å². The highest BCUT2D eigenvalue weighted by Crippen LogP contribution is 2.54. The Hall–Kier alpha value is -2.12. The van der Waals surface area contributed by atoms with Crippen LogP contribution >= 0.6 is 23.2 Å². The van der Waals surface area contributed by atoms with Crippen LogP contribution in [0.3, 0.4) is 0 Å². The smallest absolute Gasteiger partial charge is 0.347 e. The number of hydrogen-bond donors (Lipinski definition) is 1. The number of nitrogens with zero attached hydrogens (tertiary/aromatic N) is 4. The van der Waals surface area contributed by atoms with Gasteiger partial charge in [-0.05, 0) is 48.3 Å². The third-order valence-corrected chi connectivity index (χ3v) is 6.42. The molecule has 1 aliphatic carbocycles. The second-order valence-corrected chi connectivity index (χ2v) is 10.1. The van der Waals surface area contributed by atoms with E-state index in [4.69, 9.17) is 23.2 Å². The number of fused-ring (bicyclic) bond motifs is 2. The first kappa shape index (κ1) is 20.2. The third-order valence-electron chi connectivity index (χ3n) is 5.85. The summed E-state index contributed by atoms with van der Waals surface area (Å²) in [7, 11) is 0. The number of aromatic nitrogens is 2. The lowest BCUT2D eigenvalue weighted by Gasteiger charge is -2.39. The zero-order chi connectivity index (χ0) is 21.0. The van der Waals surface area contributed by atoms with Gasteiger partial charge in [-0.2, -0.15) is 0 Å². The molecule has 2 bridgehead atoms. The van der Waals surface area contributed by atoms with Crippen LogP contribution < -0.4 is 10.2 Å². The van der Waals surface area contributed by atoms with E-state index in [9.17, 15) is 10.1 Å². The lowest BCUT2D eigenvalue weighted by atomic mass is 9.65. The summed E-state index contributed by atoms with van der Waals surface area (Å²) in [5.41, 5.74) is 0.635. The van der Waals surface area contributed by atoms with Gasteiger partial charge >= 0.3 is 5.69 Å². The second-order valence-electron chi connectivity index (χ2n) is 9.24. The Morgan fingerprint density at radius 3 is 2.72 bits per heavy atom. The average Bonchev–Trinajstić information content (AvgIpc) is 2.86. The van der Waals surface area contributed by atoms with E-state index in [0.717, 1.165) is 25.8 Å². The van der Waals surface area contributed by atoms with Gasteiger partial charge in [0.05, 0.1) is 15.6 Å². The SMILES string of the molecule is CC1(C)CC2CC(C)(CN2c2ncnc(Nc3cc(Cl)ccc3Cl)c2[N+](=O)[O-])C1. The quantitative estimate of drug-likeness (QED) is 0.479. The average molecular weight is 436 g/mol. The van der Waals surface area contributed by atoms with E-state index in [2.05, 4.69) is 41.0 Å². The number of nitro groups is 1. The summed E-state index contributed by atoms with van der Waals surface area (Å²) in [5, 5.41) is 15.9. The molecule has 4 rings (SSSR count). The molecule has 2 fully saturated rings. The predicted molar refractivity (Wildman–Crippen MR) is 115 cm³/mol. The van der Waals surface area contributed by atoms with Gasteiger partial charge in [-0.25, -0.2) is 9.97 Å². The van der Waals surface area contributed by atoms with Crippen molar-refractivity contribution in [1.29, 1.82) is 0 Å². The highest BCUT2D eigenvalue weighted by atomic mass is 35.5. The number of halogens is 2. The van der Waals surface area contributed by atoms with E-state index in [0.29, 0.717) is 21.6 Å². The van der Waals surface area contributed by atoms with Crippen LogP contribution in [0.25, 0.3) is 0 Å². The lowest BCUT2D eigenvalue weighted by molar-refractivity contribution is -0.383. The molecule has 0 spiro atoms. The Balaban J connectivity index is 1.75. The summed E-state index contributed by atoms with van der Waals surface area (Å²) >= 11 is 12.3. The van der Waals surface area contributed by atoms with E-state index < -0.39 is 4.92 Å². The van der Waals surface area contributed by atoms with E-state index >= 15 is 0 Å². The Labute approximate surface area is 179 Å². The van der Waals surface area contributed by atoms with Gasteiger partial charge < -0.3 is 10.2 Å². The Kier molecular flexibility index (Phi) is 4.86. The molecule has 9 heteroatoms. The van der Waals surface area contributed by atoms with Gasteiger partial charge in [0.2, 0.25) is 11.6 Å². The summed E-state index contributed by atoms with van der Waals surface area (Å²) in [4.78, 5) is 22.2. The van der Waals surface area contributed by atoms with Gasteiger partial charge in [-0.1, -0.05) is 44.0 Å². The van der Waals surface area contributed by atoms with Gasteiger partial charge in [-0.3, -0.25) is 10.1 Å². The van der Waals surface area contributed by atoms with Crippen molar-refractivity contribution in [1.82, 2.24) is 9.97 Å². The molecule has 1 aliphatic heterocycles. The van der Waals surface area contributed by atoms with Crippen molar-refractivity contribution in [2.75, 3.05) is 16.8 Å². The molecule has 2 aliphatic rings. The van der Waals surface area contributed by atoms with Gasteiger partial charge in [0, 0.05) is 17.6 Å². The van der Waals surface area contributed by atoms with Crippen LogP contribution in [0.2, 0.25) is 10.0 Å². The van der Waals surface area contributed by atoms with Crippen molar-refractivity contribution in [2.45, 2.75) is 46.1 Å². The van der Waals surface area contributed by atoms with Crippen molar-refractivity contribution in [3.8, 4) is 0 Å². The van der Waals surface area contributed by atoms with Crippen LogP contribution in [0, 0.1) is 20.9 Å². The number of anilines is 3. The minimum Gasteiger partial charge on any atom is -0.347 e. The summed E-state index contributed by atoms with van der Waals surface area (Å²) in [5.74, 6) is 0.465. The van der Waals surface area contributed by atoms with E-state index in [-0.39, 0.29) is 28.4 Å². The van der Waals surface area contributed by atoms with E-state index in [1.54, 1.807) is 18.2 Å². The summed E-state index contributed by atoms with van der Waals surface area (Å²) in [6, 6.07) is 5.12. The predicted octanol–water partition coefficient (Wildman–Crippen LogP) is 5.84. The first-order chi connectivity index (χ1) is 13.6. The maximum Gasteiger partial charge on any atom is 0.353 e. The van der Waals surface area contributed by atoms with Crippen molar-refractivity contribution in [3.05, 3.63) is 44.7 Å². The lowest BCUT2D eigenvalue weighted by Crippen LogP contribution is -2.35. The molecular weight excluding hydrogens is 413 g/mol. The molecule has 0 amide bonds. The molecule has 2 aromatic rings. The molecular formula is C20H23Cl2N5O2. The largest absolute Gasteiger partial charge is 0.353 e. The Morgan fingerprint density at radius 1 is 1.24 bits per heavy atom. The first-order valence-corrected chi connectivity index (χ1v) is 10.3. The first-order valence-electron chi connectivity index (χ1n) is 9.55. The molecule has 1 N–H and O–H groups in total. The van der Waals surface area contributed by atoms with E-state index in [1.807, 2.05) is 0 Å². The number of benzene rings is 1. The Bertz CT molecular complexity index is 983. The van der Waals surface area contributed by atoms with Crippen LogP contribution in [-0.4, -0.2) is 27.5 Å². The summed E-state index contributed by atoms with van der Waals surface area (Å²) in [6.45, 7) is 7.54. The van der Waals surface area contributed by atoms with Gasteiger partial charge in [0.15, 0.2) is 0 Å².